The Balaban J connectivity index is 1.81. The summed E-state index contributed by atoms with van der Waals surface area (Å²) in [5.41, 5.74) is 1.74. The molecule has 0 saturated carbocycles. The summed E-state index contributed by atoms with van der Waals surface area (Å²) in [6, 6.07) is 8.27. The van der Waals surface area contributed by atoms with E-state index in [-0.39, 0.29) is 0 Å². The molecule has 0 aliphatic carbocycles. The van der Waals surface area contributed by atoms with Gasteiger partial charge in [0.25, 0.3) is 0 Å². The molecule has 0 radical (unpaired) electrons. The Labute approximate surface area is 116 Å². The topological polar surface area (TPSA) is 30.5 Å². The maximum atomic E-state index is 5.48. The lowest BCUT2D eigenvalue weighted by Crippen LogP contribution is -2.38. The fourth-order valence-electron chi connectivity index (χ4n) is 2.68. The lowest BCUT2D eigenvalue weighted by atomic mass is 9.78. The molecule has 3 nitrogen and oxygen atoms in total. The number of hydrogen-bond donors (Lipinski definition) is 1. The number of methoxy groups -OCH3 is 1. The van der Waals surface area contributed by atoms with Gasteiger partial charge in [-0.15, -0.1) is 0 Å². The molecule has 1 aliphatic heterocycles. The van der Waals surface area contributed by atoms with Gasteiger partial charge in [-0.3, -0.25) is 0 Å². The molecule has 1 heterocycles. The van der Waals surface area contributed by atoms with Gasteiger partial charge < -0.3 is 14.8 Å². The molecule has 0 unspecified atom stereocenters. The summed E-state index contributed by atoms with van der Waals surface area (Å²) < 4.78 is 10.6. The summed E-state index contributed by atoms with van der Waals surface area (Å²) in [6.07, 6.45) is 3.59. The fraction of sp³-hybridized carbons (Fsp3) is 0.625. The van der Waals surface area contributed by atoms with Crippen LogP contribution < -0.4 is 10.1 Å². The molecule has 0 spiro atoms. The standard InChI is InChI=1S/C16H25NO2/c1-3-16(8-10-19-11-9-16)13-17-12-14-4-6-15(18-2)7-5-14/h4-7,17H,3,8-13H2,1-2H3. The molecular formula is C16H25NO2. The van der Waals surface area contributed by atoms with Gasteiger partial charge in [-0.25, -0.2) is 0 Å². The van der Waals surface area contributed by atoms with Crippen LogP contribution in [0, 0.1) is 5.41 Å². The van der Waals surface area contributed by atoms with Crippen molar-refractivity contribution in [2.24, 2.45) is 5.41 Å². The van der Waals surface area contributed by atoms with Crippen molar-refractivity contribution in [3.8, 4) is 5.75 Å². The minimum atomic E-state index is 0.435. The van der Waals surface area contributed by atoms with Crippen LogP contribution in [0.3, 0.4) is 0 Å². The van der Waals surface area contributed by atoms with Crippen molar-refractivity contribution in [3.63, 3.8) is 0 Å². The molecule has 2 rings (SSSR count). The predicted octanol–water partition coefficient (Wildman–Crippen LogP) is 2.99. The van der Waals surface area contributed by atoms with Crippen LogP contribution in [0.4, 0.5) is 0 Å². The van der Waals surface area contributed by atoms with Crippen molar-refractivity contribution < 1.29 is 9.47 Å². The molecule has 1 N–H and O–H groups in total. The molecule has 1 aromatic rings. The van der Waals surface area contributed by atoms with Gasteiger partial charge in [0.15, 0.2) is 0 Å². The van der Waals surface area contributed by atoms with E-state index in [4.69, 9.17) is 9.47 Å². The van der Waals surface area contributed by atoms with E-state index in [2.05, 4.69) is 24.4 Å². The van der Waals surface area contributed by atoms with Crippen LogP contribution in [0.5, 0.6) is 5.75 Å². The van der Waals surface area contributed by atoms with Gasteiger partial charge in [-0.2, -0.15) is 0 Å². The first-order chi connectivity index (χ1) is 9.28. The number of ether oxygens (including phenoxy) is 2. The van der Waals surface area contributed by atoms with Crippen LogP contribution in [0.15, 0.2) is 24.3 Å². The first-order valence-corrected chi connectivity index (χ1v) is 7.19. The quantitative estimate of drug-likeness (QED) is 0.856. The Morgan fingerprint density at radius 3 is 2.47 bits per heavy atom. The predicted molar refractivity (Wildman–Crippen MR) is 77.5 cm³/mol. The maximum absolute atomic E-state index is 5.48. The average Bonchev–Trinajstić information content (AvgIpc) is 2.49. The number of rotatable bonds is 6. The Morgan fingerprint density at radius 2 is 1.89 bits per heavy atom. The average molecular weight is 263 g/mol. The monoisotopic (exact) mass is 263 g/mol. The number of hydrogen-bond acceptors (Lipinski definition) is 3. The molecule has 19 heavy (non-hydrogen) atoms. The zero-order chi connectivity index (χ0) is 13.6. The van der Waals surface area contributed by atoms with Gasteiger partial charge in [0.05, 0.1) is 7.11 Å². The largest absolute Gasteiger partial charge is 0.497 e. The minimum absolute atomic E-state index is 0.435. The first kappa shape index (κ1) is 14.4. The molecule has 0 atom stereocenters. The molecule has 1 saturated heterocycles. The Morgan fingerprint density at radius 1 is 1.21 bits per heavy atom. The van der Waals surface area contributed by atoms with Gasteiger partial charge in [0, 0.05) is 26.3 Å². The molecule has 1 aromatic carbocycles. The Kier molecular flexibility index (Phi) is 5.23. The number of benzene rings is 1. The summed E-state index contributed by atoms with van der Waals surface area (Å²) in [7, 11) is 1.70. The zero-order valence-corrected chi connectivity index (χ0v) is 12.1. The van der Waals surface area contributed by atoms with E-state index in [0.29, 0.717) is 5.41 Å². The van der Waals surface area contributed by atoms with Crippen LogP contribution in [-0.4, -0.2) is 26.9 Å². The maximum Gasteiger partial charge on any atom is 0.118 e. The highest BCUT2D eigenvalue weighted by molar-refractivity contribution is 5.26. The van der Waals surface area contributed by atoms with Crippen molar-refractivity contribution in [2.75, 3.05) is 26.9 Å². The van der Waals surface area contributed by atoms with Crippen molar-refractivity contribution >= 4 is 0 Å². The van der Waals surface area contributed by atoms with Crippen LogP contribution >= 0.6 is 0 Å². The molecular weight excluding hydrogens is 238 g/mol. The Bertz CT molecular complexity index is 369. The molecule has 1 aliphatic rings. The van der Waals surface area contributed by atoms with Crippen LogP contribution in [0.25, 0.3) is 0 Å². The van der Waals surface area contributed by atoms with E-state index in [9.17, 15) is 0 Å². The third-order valence-electron chi connectivity index (χ3n) is 4.29. The highest BCUT2D eigenvalue weighted by Crippen LogP contribution is 2.33. The highest BCUT2D eigenvalue weighted by Gasteiger charge is 2.30. The van der Waals surface area contributed by atoms with E-state index in [1.807, 2.05) is 12.1 Å². The molecule has 0 aromatic heterocycles. The molecule has 0 bridgehead atoms. The third kappa shape index (κ3) is 3.95. The van der Waals surface area contributed by atoms with E-state index in [1.165, 1.54) is 24.8 Å². The van der Waals surface area contributed by atoms with Gasteiger partial charge >= 0.3 is 0 Å². The summed E-state index contributed by atoms with van der Waals surface area (Å²) in [5, 5.41) is 3.60. The van der Waals surface area contributed by atoms with E-state index >= 15 is 0 Å². The summed E-state index contributed by atoms with van der Waals surface area (Å²) >= 11 is 0. The van der Waals surface area contributed by atoms with Gasteiger partial charge in [0.1, 0.15) is 5.75 Å². The lowest BCUT2D eigenvalue weighted by molar-refractivity contribution is 0.0127. The normalized spacial score (nSPS) is 18.2. The van der Waals surface area contributed by atoms with Crippen LogP contribution in [0.2, 0.25) is 0 Å². The second-order valence-electron chi connectivity index (χ2n) is 5.42. The fourth-order valence-corrected chi connectivity index (χ4v) is 2.68. The molecule has 106 valence electrons. The van der Waals surface area contributed by atoms with Crippen molar-refractivity contribution in [1.82, 2.24) is 5.32 Å². The third-order valence-corrected chi connectivity index (χ3v) is 4.29. The minimum Gasteiger partial charge on any atom is -0.497 e. The van der Waals surface area contributed by atoms with E-state index < -0.39 is 0 Å². The van der Waals surface area contributed by atoms with Gasteiger partial charge in [0.2, 0.25) is 0 Å². The smallest absolute Gasteiger partial charge is 0.118 e. The van der Waals surface area contributed by atoms with E-state index in [1.54, 1.807) is 7.11 Å². The summed E-state index contributed by atoms with van der Waals surface area (Å²) in [6.45, 7) is 6.13. The summed E-state index contributed by atoms with van der Waals surface area (Å²) in [5.74, 6) is 0.915. The molecule has 0 amide bonds. The van der Waals surface area contributed by atoms with Crippen LogP contribution in [0.1, 0.15) is 31.7 Å². The zero-order valence-electron chi connectivity index (χ0n) is 12.1. The second kappa shape index (κ2) is 6.92. The molecule has 3 heteroatoms. The van der Waals surface area contributed by atoms with Gasteiger partial charge in [-0.1, -0.05) is 19.1 Å². The van der Waals surface area contributed by atoms with Crippen LogP contribution in [-0.2, 0) is 11.3 Å². The SMILES string of the molecule is CCC1(CNCc2ccc(OC)cc2)CCOCC1. The second-order valence-corrected chi connectivity index (χ2v) is 5.42. The number of nitrogens with one attached hydrogen (secondary N) is 1. The van der Waals surface area contributed by atoms with Crippen molar-refractivity contribution in [2.45, 2.75) is 32.7 Å². The Hall–Kier alpha value is -1.06. The van der Waals surface area contributed by atoms with Crippen molar-refractivity contribution in [1.29, 1.82) is 0 Å². The summed E-state index contributed by atoms with van der Waals surface area (Å²) in [4.78, 5) is 0. The lowest BCUT2D eigenvalue weighted by Gasteiger charge is -2.36. The van der Waals surface area contributed by atoms with Gasteiger partial charge in [-0.05, 0) is 42.4 Å². The van der Waals surface area contributed by atoms with Crippen molar-refractivity contribution in [3.05, 3.63) is 29.8 Å². The molecule has 1 fully saturated rings. The highest BCUT2D eigenvalue weighted by atomic mass is 16.5. The first-order valence-electron chi connectivity index (χ1n) is 7.19. The van der Waals surface area contributed by atoms with E-state index in [0.717, 1.165) is 32.1 Å².